The third-order valence-electron chi connectivity index (χ3n) is 3.36. The van der Waals surface area contributed by atoms with Gasteiger partial charge in [0, 0.05) is 19.7 Å². The van der Waals surface area contributed by atoms with Gasteiger partial charge in [-0.25, -0.2) is 0 Å². The van der Waals surface area contributed by atoms with Crippen molar-refractivity contribution in [1.29, 1.82) is 0 Å². The van der Waals surface area contributed by atoms with Crippen LogP contribution in [0.1, 0.15) is 19.4 Å². The summed E-state index contributed by atoms with van der Waals surface area (Å²) in [6.07, 6.45) is 0. The Hall–Kier alpha value is -1.26. The monoisotopic (exact) mass is 267 g/mol. The maximum Gasteiger partial charge on any atom is 0.161 e. The molecule has 0 saturated carbocycles. The molecule has 0 radical (unpaired) electrons. The van der Waals surface area contributed by atoms with Crippen molar-refractivity contribution < 1.29 is 14.6 Å². The molecule has 1 unspecified atom stereocenters. The summed E-state index contributed by atoms with van der Waals surface area (Å²) >= 11 is 0. The molecule has 1 aromatic carbocycles. The lowest BCUT2D eigenvalue weighted by atomic mass is 9.97. The molecule has 108 valence electrons. The molecule has 4 nitrogen and oxygen atoms in total. The molecule has 0 aliphatic rings. The fraction of sp³-hybridized carbons (Fsp3) is 0.600. The molecule has 0 bridgehead atoms. The molecule has 0 aliphatic heterocycles. The maximum atomic E-state index is 9.27. The minimum Gasteiger partial charge on any atom is -0.493 e. The third kappa shape index (κ3) is 4.73. The van der Waals surface area contributed by atoms with Gasteiger partial charge >= 0.3 is 0 Å². The SMILES string of the molecule is COc1ccc(CNCC(CO)C(C)C)cc1OC. The standard InChI is InChI=1S/C15H25NO3/c1-11(2)13(10-17)9-16-8-12-5-6-14(18-3)15(7-12)19-4/h5-7,11,13,16-17H,8-10H2,1-4H3. The van der Waals surface area contributed by atoms with Gasteiger partial charge in [0.1, 0.15) is 0 Å². The first-order valence-electron chi connectivity index (χ1n) is 6.64. The van der Waals surface area contributed by atoms with Gasteiger partial charge in [0.25, 0.3) is 0 Å². The van der Waals surface area contributed by atoms with Crippen molar-refractivity contribution in [3.05, 3.63) is 23.8 Å². The molecule has 19 heavy (non-hydrogen) atoms. The number of ether oxygens (including phenoxy) is 2. The van der Waals surface area contributed by atoms with E-state index in [2.05, 4.69) is 19.2 Å². The highest BCUT2D eigenvalue weighted by atomic mass is 16.5. The number of hydrogen-bond acceptors (Lipinski definition) is 4. The van der Waals surface area contributed by atoms with Crippen LogP contribution in [-0.2, 0) is 6.54 Å². The number of benzene rings is 1. The second kappa shape index (κ2) is 8.02. The molecule has 0 spiro atoms. The van der Waals surface area contributed by atoms with Crippen LogP contribution in [0, 0.1) is 11.8 Å². The van der Waals surface area contributed by atoms with Gasteiger partial charge in [-0.15, -0.1) is 0 Å². The first kappa shape index (κ1) is 15.8. The molecule has 1 atom stereocenters. The first-order valence-corrected chi connectivity index (χ1v) is 6.64. The van der Waals surface area contributed by atoms with E-state index in [1.165, 1.54) is 0 Å². The van der Waals surface area contributed by atoms with Crippen molar-refractivity contribution in [1.82, 2.24) is 5.32 Å². The molecular weight excluding hydrogens is 242 g/mol. The molecule has 1 aromatic rings. The molecule has 2 N–H and O–H groups in total. The predicted molar refractivity (Wildman–Crippen MR) is 76.7 cm³/mol. The van der Waals surface area contributed by atoms with E-state index in [0.29, 0.717) is 11.8 Å². The van der Waals surface area contributed by atoms with Crippen molar-refractivity contribution in [3.63, 3.8) is 0 Å². The number of aliphatic hydroxyl groups is 1. The Morgan fingerprint density at radius 3 is 2.37 bits per heavy atom. The molecule has 4 heteroatoms. The van der Waals surface area contributed by atoms with Gasteiger partial charge in [-0.05, 0) is 29.5 Å². The Balaban J connectivity index is 2.54. The van der Waals surface area contributed by atoms with Crippen LogP contribution in [-0.4, -0.2) is 32.5 Å². The molecular formula is C15H25NO3. The van der Waals surface area contributed by atoms with Crippen LogP contribution < -0.4 is 14.8 Å². The van der Waals surface area contributed by atoms with E-state index in [1.54, 1.807) is 14.2 Å². The summed E-state index contributed by atoms with van der Waals surface area (Å²) in [7, 11) is 3.26. The minimum absolute atomic E-state index is 0.219. The fourth-order valence-corrected chi connectivity index (χ4v) is 1.90. The average Bonchev–Trinajstić information content (AvgIpc) is 2.42. The number of rotatable bonds is 8. The van der Waals surface area contributed by atoms with Crippen LogP contribution >= 0.6 is 0 Å². The Bertz CT molecular complexity index is 380. The van der Waals surface area contributed by atoms with Crippen LogP contribution in [0.5, 0.6) is 11.5 Å². The second-order valence-electron chi connectivity index (χ2n) is 5.01. The first-order chi connectivity index (χ1) is 9.12. The molecule has 0 aliphatic carbocycles. The number of hydrogen-bond donors (Lipinski definition) is 2. The summed E-state index contributed by atoms with van der Waals surface area (Å²) in [6.45, 7) is 6.03. The third-order valence-corrected chi connectivity index (χ3v) is 3.36. The smallest absolute Gasteiger partial charge is 0.161 e. The lowest BCUT2D eigenvalue weighted by Gasteiger charge is -2.19. The molecule has 0 amide bonds. The van der Waals surface area contributed by atoms with Crippen molar-refractivity contribution in [2.45, 2.75) is 20.4 Å². The lowest BCUT2D eigenvalue weighted by molar-refractivity contribution is 0.186. The highest BCUT2D eigenvalue weighted by Gasteiger charge is 2.11. The Morgan fingerprint density at radius 1 is 1.16 bits per heavy atom. The van der Waals surface area contributed by atoms with Crippen molar-refractivity contribution in [2.75, 3.05) is 27.4 Å². The van der Waals surface area contributed by atoms with E-state index >= 15 is 0 Å². The molecule has 0 saturated heterocycles. The summed E-state index contributed by atoms with van der Waals surface area (Å²) in [4.78, 5) is 0. The summed E-state index contributed by atoms with van der Waals surface area (Å²) < 4.78 is 10.5. The topological polar surface area (TPSA) is 50.7 Å². The molecule has 0 heterocycles. The molecule has 0 aromatic heterocycles. The van der Waals surface area contributed by atoms with Gasteiger partial charge in [0.05, 0.1) is 14.2 Å². The Kier molecular flexibility index (Phi) is 6.67. The van der Waals surface area contributed by atoms with Gasteiger partial charge < -0.3 is 19.9 Å². The second-order valence-corrected chi connectivity index (χ2v) is 5.01. The van der Waals surface area contributed by atoms with Gasteiger partial charge in [0.2, 0.25) is 0 Å². The van der Waals surface area contributed by atoms with Crippen molar-refractivity contribution in [3.8, 4) is 11.5 Å². The van der Waals surface area contributed by atoms with E-state index in [0.717, 1.165) is 30.2 Å². The van der Waals surface area contributed by atoms with Gasteiger partial charge in [-0.1, -0.05) is 19.9 Å². The maximum absolute atomic E-state index is 9.27. The van der Waals surface area contributed by atoms with Crippen LogP contribution in [0.25, 0.3) is 0 Å². The highest BCUT2D eigenvalue weighted by molar-refractivity contribution is 5.42. The average molecular weight is 267 g/mol. The van der Waals surface area contributed by atoms with Gasteiger partial charge in [-0.3, -0.25) is 0 Å². The van der Waals surface area contributed by atoms with Gasteiger partial charge in [0.15, 0.2) is 11.5 Å². The minimum atomic E-state index is 0.219. The normalized spacial score (nSPS) is 12.5. The largest absolute Gasteiger partial charge is 0.493 e. The van der Waals surface area contributed by atoms with Gasteiger partial charge in [-0.2, -0.15) is 0 Å². The van der Waals surface area contributed by atoms with Crippen LogP contribution in [0.3, 0.4) is 0 Å². The van der Waals surface area contributed by atoms with Crippen molar-refractivity contribution >= 4 is 0 Å². The van der Waals surface area contributed by atoms with E-state index < -0.39 is 0 Å². The summed E-state index contributed by atoms with van der Waals surface area (Å²) in [6, 6.07) is 5.88. The fourth-order valence-electron chi connectivity index (χ4n) is 1.90. The lowest BCUT2D eigenvalue weighted by Crippen LogP contribution is -2.28. The quantitative estimate of drug-likeness (QED) is 0.757. The van der Waals surface area contributed by atoms with E-state index in [1.807, 2.05) is 18.2 Å². The highest BCUT2D eigenvalue weighted by Crippen LogP contribution is 2.27. The number of nitrogens with one attached hydrogen (secondary N) is 1. The van der Waals surface area contributed by atoms with E-state index in [9.17, 15) is 5.11 Å². The summed E-state index contributed by atoms with van der Waals surface area (Å²) in [5.41, 5.74) is 1.14. The summed E-state index contributed by atoms with van der Waals surface area (Å²) in [5.74, 6) is 2.24. The Labute approximate surface area is 115 Å². The van der Waals surface area contributed by atoms with Crippen molar-refractivity contribution in [2.24, 2.45) is 11.8 Å². The molecule has 1 rings (SSSR count). The zero-order valence-corrected chi connectivity index (χ0v) is 12.3. The Morgan fingerprint density at radius 2 is 1.84 bits per heavy atom. The zero-order valence-electron chi connectivity index (χ0n) is 12.3. The van der Waals surface area contributed by atoms with E-state index in [-0.39, 0.29) is 6.61 Å². The predicted octanol–water partition coefficient (Wildman–Crippen LogP) is 2.06. The number of methoxy groups -OCH3 is 2. The zero-order chi connectivity index (χ0) is 14.3. The van der Waals surface area contributed by atoms with E-state index in [4.69, 9.17) is 9.47 Å². The molecule has 0 fully saturated rings. The summed E-state index contributed by atoms with van der Waals surface area (Å²) in [5, 5.41) is 12.6. The van der Waals surface area contributed by atoms with Crippen LogP contribution in [0.15, 0.2) is 18.2 Å². The van der Waals surface area contributed by atoms with Crippen LogP contribution in [0.2, 0.25) is 0 Å². The van der Waals surface area contributed by atoms with Crippen LogP contribution in [0.4, 0.5) is 0 Å². The number of aliphatic hydroxyl groups excluding tert-OH is 1.